The number of nitrogens with one attached hydrogen (secondary N) is 1. The zero-order valence-corrected chi connectivity index (χ0v) is 18.9. The van der Waals surface area contributed by atoms with Gasteiger partial charge in [0.15, 0.2) is 0 Å². The van der Waals surface area contributed by atoms with Crippen LogP contribution in [0.4, 0.5) is 11.4 Å². The summed E-state index contributed by atoms with van der Waals surface area (Å²) >= 11 is 1.36. The number of nitrogens with zero attached hydrogens (tertiary/aromatic N) is 4. The molecule has 0 aliphatic carbocycles. The van der Waals surface area contributed by atoms with Gasteiger partial charge in [-0.2, -0.15) is 0 Å². The Hall–Kier alpha value is -3.13. The van der Waals surface area contributed by atoms with Gasteiger partial charge in [-0.15, -0.1) is 0 Å². The molecular formula is C23H26N5O2S+. The largest absolute Gasteiger partial charge is 0.378 e. The van der Waals surface area contributed by atoms with Crippen LogP contribution in [0, 0.1) is 0 Å². The summed E-state index contributed by atoms with van der Waals surface area (Å²) in [5, 5.41) is 5.22. The number of carbonyl (C=O) groups is 1. The third-order valence-corrected chi connectivity index (χ3v) is 5.96. The van der Waals surface area contributed by atoms with Crippen molar-refractivity contribution in [3.8, 4) is 11.3 Å². The molecule has 1 N–H and O–H groups in total. The van der Waals surface area contributed by atoms with Gasteiger partial charge in [-0.05, 0) is 53.8 Å². The maximum Gasteiger partial charge on any atom is 0.325 e. The first kappa shape index (κ1) is 21.1. The number of hydrogen-bond donors (Lipinski definition) is 1. The van der Waals surface area contributed by atoms with E-state index in [1.165, 1.54) is 11.8 Å². The predicted octanol–water partition coefficient (Wildman–Crippen LogP) is 3.21. The summed E-state index contributed by atoms with van der Waals surface area (Å²) in [6, 6.07) is 15.6. The summed E-state index contributed by atoms with van der Waals surface area (Å²) in [6.07, 6.45) is 2.46. The first-order chi connectivity index (χ1) is 15.0. The highest BCUT2D eigenvalue weighted by Crippen LogP contribution is 2.37. The zero-order chi connectivity index (χ0) is 22.1. The molecule has 160 valence electrons. The van der Waals surface area contributed by atoms with Crippen LogP contribution in [0.5, 0.6) is 0 Å². The van der Waals surface area contributed by atoms with Crippen molar-refractivity contribution in [2.24, 2.45) is 0 Å². The minimum Gasteiger partial charge on any atom is -0.378 e. The first-order valence-electron chi connectivity index (χ1n) is 10.2. The van der Waals surface area contributed by atoms with E-state index in [9.17, 15) is 9.59 Å². The van der Waals surface area contributed by atoms with E-state index in [0.717, 1.165) is 23.4 Å². The van der Waals surface area contributed by atoms with Crippen LogP contribution in [0.25, 0.3) is 11.3 Å². The molecule has 7 nitrogen and oxygen atoms in total. The summed E-state index contributed by atoms with van der Waals surface area (Å²) in [5.41, 5.74) is 3.61. The highest BCUT2D eigenvalue weighted by molar-refractivity contribution is 7.98. The number of fused-ring (bicyclic) bond motifs is 3. The van der Waals surface area contributed by atoms with Gasteiger partial charge in [0.25, 0.3) is 6.17 Å². The molecule has 4 rings (SSSR count). The molecule has 1 aliphatic rings. The van der Waals surface area contributed by atoms with Crippen molar-refractivity contribution >= 4 is 29.0 Å². The van der Waals surface area contributed by atoms with Crippen LogP contribution in [0.15, 0.2) is 58.5 Å². The summed E-state index contributed by atoms with van der Waals surface area (Å²) < 4.78 is 1.70. The molecule has 0 saturated carbocycles. The van der Waals surface area contributed by atoms with Crippen LogP contribution < -0.4 is 20.0 Å². The fourth-order valence-electron chi connectivity index (χ4n) is 3.91. The molecule has 8 heteroatoms. The van der Waals surface area contributed by atoms with Crippen molar-refractivity contribution in [3.63, 3.8) is 0 Å². The average Bonchev–Trinajstić information content (AvgIpc) is 2.77. The Labute approximate surface area is 185 Å². The van der Waals surface area contributed by atoms with Crippen molar-refractivity contribution in [1.82, 2.24) is 10.1 Å². The van der Waals surface area contributed by atoms with E-state index in [4.69, 9.17) is 5.10 Å². The second-order valence-electron chi connectivity index (χ2n) is 7.65. The number of aromatic nitrogens is 3. The lowest BCUT2D eigenvalue weighted by Gasteiger charge is -2.32. The van der Waals surface area contributed by atoms with E-state index in [1.807, 2.05) is 80.7 Å². The van der Waals surface area contributed by atoms with Gasteiger partial charge in [0.2, 0.25) is 11.1 Å². The Bertz CT molecular complexity index is 1170. The molecule has 0 fully saturated rings. The van der Waals surface area contributed by atoms with Crippen molar-refractivity contribution in [3.05, 3.63) is 64.4 Å². The van der Waals surface area contributed by atoms with E-state index in [-0.39, 0.29) is 11.5 Å². The first-order valence-corrected chi connectivity index (χ1v) is 11.5. The molecule has 0 bridgehead atoms. The number of thioether (sulfide) groups is 1. The van der Waals surface area contributed by atoms with Gasteiger partial charge in [-0.3, -0.25) is 14.6 Å². The van der Waals surface area contributed by atoms with Crippen molar-refractivity contribution in [2.75, 3.05) is 30.2 Å². The van der Waals surface area contributed by atoms with Gasteiger partial charge < -0.3 is 4.90 Å². The number of rotatable bonds is 5. The van der Waals surface area contributed by atoms with Crippen LogP contribution in [0.2, 0.25) is 0 Å². The van der Waals surface area contributed by atoms with Crippen LogP contribution in [0.3, 0.4) is 0 Å². The summed E-state index contributed by atoms with van der Waals surface area (Å²) in [7, 11) is 3.97. The summed E-state index contributed by atoms with van der Waals surface area (Å²) in [6.45, 7) is 1.99. The van der Waals surface area contributed by atoms with E-state index in [0.29, 0.717) is 22.8 Å². The molecule has 1 aromatic heterocycles. The third kappa shape index (κ3) is 3.72. The minimum atomic E-state index is -0.548. The van der Waals surface area contributed by atoms with Crippen LogP contribution in [-0.2, 0) is 4.79 Å². The fraction of sp³-hybridized carbons (Fsp3) is 0.304. The van der Waals surface area contributed by atoms with E-state index >= 15 is 0 Å². The molecule has 3 aromatic rings. The highest BCUT2D eigenvalue weighted by atomic mass is 32.2. The molecular weight excluding hydrogens is 410 g/mol. The Morgan fingerprint density at radius 3 is 2.55 bits per heavy atom. The second kappa shape index (κ2) is 8.55. The highest BCUT2D eigenvalue weighted by Gasteiger charge is 2.45. The summed E-state index contributed by atoms with van der Waals surface area (Å²) in [5.74, 6) is 0.00238. The zero-order valence-electron chi connectivity index (χ0n) is 18.1. The lowest BCUT2D eigenvalue weighted by atomic mass is 10.0. The lowest BCUT2D eigenvalue weighted by Crippen LogP contribution is -2.60. The molecule has 1 atom stereocenters. The number of hydrogen-bond acceptors (Lipinski definition) is 5. The average molecular weight is 437 g/mol. The molecule has 0 unspecified atom stereocenters. The van der Waals surface area contributed by atoms with Gasteiger partial charge in [-0.25, -0.2) is 4.90 Å². The Balaban J connectivity index is 2.01. The number of benzene rings is 2. The van der Waals surface area contributed by atoms with Gasteiger partial charge in [0.05, 0.1) is 11.3 Å². The van der Waals surface area contributed by atoms with Crippen LogP contribution >= 0.6 is 11.8 Å². The van der Waals surface area contributed by atoms with Gasteiger partial charge in [0.1, 0.15) is 0 Å². The normalized spacial score (nSPS) is 14.7. The number of carbonyl (C=O) groups excluding carboxylic acids is 1. The molecule has 2 aromatic carbocycles. The van der Waals surface area contributed by atoms with E-state index in [1.54, 1.807) is 9.58 Å². The monoisotopic (exact) mass is 436 g/mol. The van der Waals surface area contributed by atoms with Gasteiger partial charge >= 0.3 is 11.3 Å². The topological polar surface area (TPSA) is 73.2 Å². The van der Waals surface area contributed by atoms with E-state index < -0.39 is 6.17 Å². The quantitative estimate of drug-likeness (QED) is 0.491. The standard InChI is InChI=1S/C23H25N5O2S/c1-5-8-19(29)27-18-10-7-6-9-17(18)20-21(30)24-23(31-4)25-28(20)22(27)15-11-13-16(14-12-15)26(2)3/h6-7,9-14,22H,5,8H2,1-4H3/p+1/t22-/m1/s1. The minimum absolute atomic E-state index is 0.00238. The number of amides is 1. The molecule has 1 aliphatic heterocycles. The second-order valence-corrected chi connectivity index (χ2v) is 8.44. The number of aromatic amines is 1. The van der Waals surface area contributed by atoms with E-state index in [2.05, 4.69) is 4.98 Å². The summed E-state index contributed by atoms with van der Waals surface area (Å²) in [4.78, 5) is 33.1. The Morgan fingerprint density at radius 2 is 1.90 bits per heavy atom. The number of anilines is 2. The predicted molar refractivity (Wildman–Crippen MR) is 124 cm³/mol. The van der Waals surface area contributed by atoms with Crippen molar-refractivity contribution in [2.45, 2.75) is 31.1 Å². The van der Waals surface area contributed by atoms with Gasteiger partial charge in [0, 0.05) is 36.9 Å². The molecule has 0 saturated heterocycles. The third-order valence-electron chi connectivity index (χ3n) is 5.39. The van der Waals surface area contributed by atoms with Crippen LogP contribution in [0.1, 0.15) is 31.5 Å². The fourth-order valence-corrected chi connectivity index (χ4v) is 4.28. The maximum absolute atomic E-state index is 13.4. The molecule has 0 radical (unpaired) electrons. The van der Waals surface area contributed by atoms with Crippen molar-refractivity contribution in [1.29, 1.82) is 0 Å². The number of H-pyrrole nitrogens is 1. The molecule has 0 spiro atoms. The van der Waals surface area contributed by atoms with Gasteiger partial charge in [-0.1, -0.05) is 30.8 Å². The van der Waals surface area contributed by atoms with Crippen LogP contribution in [-0.4, -0.2) is 36.3 Å². The Morgan fingerprint density at radius 1 is 1.19 bits per heavy atom. The lowest BCUT2D eigenvalue weighted by molar-refractivity contribution is -0.763. The smallest absolute Gasteiger partial charge is 0.325 e. The van der Waals surface area contributed by atoms with Crippen molar-refractivity contribution < 1.29 is 9.48 Å². The Kier molecular flexibility index (Phi) is 5.82. The molecule has 31 heavy (non-hydrogen) atoms. The maximum atomic E-state index is 13.4. The SMILES string of the molecule is CCCC(=O)N1c2ccccc2-c2c(=O)[nH]c(SC)n[n+]2[C@@H]1c1ccc(N(C)C)cc1. The molecule has 2 heterocycles. The number of para-hydroxylation sites is 1. The molecule has 1 amide bonds.